The fraction of sp³-hybridized carbons (Fsp3) is 0.250. The molecule has 2 N–H and O–H groups in total. The van der Waals surface area contributed by atoms with Crippen molar-refractivity contribution in [3.8, 4) is 5.75 Å². The molecule has 2 aromatic carbocycles. The van der Waals surface area contributed by atoms with E-state index in [1.54, 1.807) is 17.0 Å². The van der Waals surface area contributed by atoms with Crippen LogP contribution in [0.1, 0.15) is 43.6 Å². The Labute approximate surface area is 171 Å². The van der Waals surface area contributed by atoms with Crippen LogP contribution in [0.3, 0.4) is 0 Å². The quantitative estimate of drug-likeness (QED) is 0.711. The van der Waals surface area contributed by atoms with Crippen molar-refractivity contribution in [2.75, 3.05) is 10.6 Å². The van der Waals surface area contributed by atoms with Crippen LogP contribution < -0.4 is 15.4 Å². The van der Waals surface area contributed by atoms with E-state index < -0.39 is 6.10 Å². The number of carbonyl (C=O) groups is 1. The molecule has 0 fully saturated rings. The number of aromatic nitrogens is 1. The maximum Gasteiger partial charge on any atom is 0.274 e. The second-order valence-corrected chi connectivity index (χ2v) is 8.34. The van der Waals surface area contributed by atoms with E-state index in [0.29, 0.717) is 23.9 Å². The van der Waals surface area contributed by atoms with Crippen molar-refractivity contribution < 1.29 is 9.53 Å². The van der Waals surface area contributed by atoms with E-state index in [0.717, 1.165) is 11.1 Å². The summed E-state index contributed by atoms with van der Waals surface area (Å²) >= 11 is 0. The molecule has 0 bridgehead atoms. The topological polar surface area (TPSA) is 68.5 Å². The van der Waals surface area contributed by atoms with Crippen LogP contribution in [-0.2, 0) is 16.8 Å². The number of carbonyl (C=O) groups excluding carboxylic acids is 1. The number of hydrogen-bond acceptors (Lipinski definition) is 4. The fourth-order valence-corrected chi connectivity index (χ4v) is 3.44. The molecule has 4 rings (SSSR count). The van der Waals surface area contributed by atoms with Crippen molar-refractivity contribution in [2.24, 2.45) is 0 Å². The molecule has 148 valence electrons. The Morgan fingerprint density at radius 3 is 2.34 bits per heavy atom. The van der Waals surface area contributed by atoms with Gasteiger partial charge in [0.05, 0.1) is 6.54 Å². The van der Waals surface area contributed by atoms with Gasteiger partial charge < -0.3 is 10.5 Å². The number of benzene rings is 2. The SMILES string of the molecule is CC(C)(C)c1ccc(CN2C(=O)C(c3ccccc3)Oc3ccc(N)nc32)cc1. The van der Waals surface area contributed by atoms with Crippen molar-refractivity contribution in [3.63, 3.8) is 0 Å². The number of nitrogens with two attached hydrogens (primary N) is 1. The number of hydrogen-bond donors (Lipinski definition) is 1. The average molecular weight is 387 g/mol. The van der Waals surface area contributed by atoms with E-state index in [1.807, 2.05) is 30.3 Å². The zero-order chi connectivity index (χ0) is 20.6. The average Bonchev–Trinajstić information content (AvgIpc) is 2.70. The van der Waals surface area contributed by atoms with Gasteiger partial charge in [0, 0.05) is 5.56 Å². The summed E-state index contributed by atoms with van der Waals surface area (Å²) < 4.78 is 6.01. The first kappa shape index (κ1) is 19.0. The minimum absolute atomic E-state index is 0.0777. The number of nitrogens with zero attached hydrogens (tertiary/aromatic N) is 2. The van der Waals surface area contributed by atoms with Gasteiger partial charge in [0.25, 0.3) is 5.91 Å². The molecule has 0 spiro atoms. The Balaban J connectivity index is 1.70. The van der Waals surface area contributed by atoms with Gasteiger partial charge in [0.15, 0.2) is 11.6 Å². The molecule has 3 aromatic rings. The standard InChI is InChI=1S/C24H25N3O2/c1-24(2,3)18-11-9-16(10-12-18)15-27-22-19(13-14-20(25)26-22)29-21(23(27)28)17-7-5-4-6-8-17/h4-14,21H,15H2,1-3H3,(H2,25,26). The van der Waals surface area contributed by atoms with Crippen molar-refractivity contribution in [2.45, 2.75) is 38.8 Å². The fourth-order valence-electron chi connectivity index (χ4n) is 3.44. The van der Waals surface area contributed by atoms with Gasteiger partial charge in [-0.25, -0.2) is 4.98 Å². The Morgan fingerprint density at radius 2 is 1.69 bits per heavy atom. The molecule has 0 saturated carbocycles. The van der Waals surface area contributed by atoms with Gasteiger partial charge in [-0.1, -0.05) is 75.4 Å². The lowest BCUT2D eigenvalue weighted by Gasteiger charge is -2.33. The van der Waals surface area contributed by atoms with Crippen LogP contribution in [0.4, 0.5) is 11.6 Å². The zero-order valence-electron chi connectivity index (χ0n) is 16.9. The molecule has 1 unspecified atom stereocenters. The second kappa shape index (κ2) is 7.24. The van der Waals surface area contributed by atoms with Crippen molar-refractivity contribution >= 4 is 17.5 Å². The van der Waals surface area contributed by atoms with Crippen molar-refractivity contribution in [3.05, 3.63) is 83.4 Å². The van der Waals surface area contributed by atoms with E-state index in [2.05, 4.69) is 50.0 Å². The molecular formula is C24H25N3O2. The molecule has 1 aliphatic heterocycles. The second-order valence-electron chi connectivity index (χ2n) is 8.34. The van der Waals surface area contributed by atoms with Crippen LogP contribution in [-0.4, -0.2) is 10.9 Å². The number of amides is 1. The lowest BCUT2D eigenvalue weighted by atomic mass is 9.87. The van der Waals surface area contributed by atoms with Gasteiger partial charge in [-0.3, -0.25) is 9.69 Å². The number of anilines is 2. The molecule has 2 heterocycles. The predicted molar refractivity (Wildman–Crippen MR) is 115 cm³/mol. The third kappa shape index (κ3) is 3.81. The molecule has 1 aromatic heterocycles. The number of pyridine rings is 1. The van der Waals surface area contributed by atoms with Crippen LogP contribution in [0.2, 0.25) is 0 Å². The molecular weight excluding hydrogens is 362 g/mol. The molecule has 29 heavy (non-hydrogen) atoms. The number of rotatable bonds is 3. The number of fused-ring (bicyclic) bond motifs is 1. The molecule has 1 atom stereocenters. The molecule has 5 heteroatoms. The Morgan fingerprint density at radius 1 is 1.00 bits per heavy atom. The minimum Gasteiger partial charge on any atom is -0.472 e. The summed E-state index contributed by atoms with van der Waals surface area (Å²) in [5, 5.41) is 0. The Kier molecular flexibility index (Phi) is 4.74. The van der Waals surface area contributed by atoms with Gasteiger partial charge in [-0.05, 0) is 28.7 Å². The maximum absolute atomic E-state index is 13.4. The van der Waals surface area contributed by atoms with Gasteiger partial charge in [-0.15, -0.1) is 0 Å². The van der Waals surface area contributed by atoms with Crippen LogP contribution in [0, 0.1) is 0 Å². The van der Waals surface area contributed by atoms with E-state index in [1.165, 1.54) is 5.56 Å². The highest BCUT2D eigenvalue weighted by Crippen LogP contribution is 2.39. The minimum atomic E-state index is -0.706. The summed E-state index contributed by atoms with van der Waals surface area (Å²) in [4.78, 5) is 19.4. The molecule has 0 aliphatic carbocycles. The van der Waals surface area contributed by atoms with E-state index in [9.17, 15) is 4.79 Å². The molecule has 5 nitrogen and oxygen atoms in total. The number of nitrogen functional groups attached to an aromatic ring is 1. The normalized spacial score (nSPS) is 16.3. The van der Waals surface area contributed by atoms with Crippen LogP contribution >= 0.6 is 0 Å². The Hall–Kier alpha value is -3.34. The Bertz CT molecular complexity index is 1020. The summed E-state index contributed by atoms with van der Waals surface area (Å²) in [6.07, 6.45) is -0.706. The van der Waals surface area contributed by atoms with Crippen LogP contribution in [0.15, 0.2) is 66.7 Å². The summed E-state index contributed by atoms with van der Waals surface area (Å²) in [5.74, 6) is 1.22. The lowest BCUT2D eigenvalue weighted by molar-refractivity contribution is -0.126. The van der Waals surface area contributed by atoms with Gasteiger partial charge in [-0.2, -0.15) is 0 Å². The third-order valence-electron chi connectivity index (χ3n) is 5.11. The third-order valence-corrected chi connectivity index (χ3v) is 5.11. The predicted octanol–water partition coefficient (Wildman–Crippen LogP) is 4.63. The first-order chi connectivity index (χ1) is 13.8. The van der Waals surface area contributed by atoms with E-state index in [4.69, 9.17) is 10.5 Å². The summed E-state index contributed by atoms with van der Waals surface area (Å²) in [7, 11) is 0. The first-order valence-corrected chi connectivity index (χ1v) is 9.72. The van der Waals surface area contributed by atoms with Crippen molar-refractivity contribution in [1.82, 2.24) is 4.98 Å². The lowest BCUT2D eigenvalue weighted by Crippen LogP contribution is -2.41. The smallest absolute Gasteiger partial charge is 0.274 e. The van der Waals surface area contributed by atoms with Gasteiger partial charge in [0.1, 0.15) is 5.82 Å². The van der Waals surface area contributed by atoms with E-state index in [-0.39, 0.29) is 11.3 Å². The van der Waals surface area contributed by atoms with E-state index >= 15 is 0 Å². The molecule has 0 radical (unpaired) electrons. The molecule has 1 amide bonds. The number of ether oxygens (including phenoxy) is 1. The van der Waals surface area contributed by atoms with Crippen LogP contribution in [0.25, 0.3) is 0 Å². The maximum atomic E-state index is 13.4. The monoisotopic (exact) mass is 387 g/mol. The largest absolute Gasteiger partial charge is 0.472 e. The first-order valence-electron chi connectivity index (χ1n) is 9.72. The summed E-state index contributed by atoms with van der Waals surface area (Å²) in [6, 6.07) is 21.3. The highest BCUT2D eigenvalue weighted by atomic mass is 16.5. The van der Waals surface area contributed by atoms with Gasteiger partial charge in [0.2, 0.25) is 6.10 Å². The summed E-state index contributed by atoms with van der Waals surface area (Å²) in [5.41, 5.74) is 9.06. The van der Waals surface area contributed by atoms with Crippen molar-refractivity contribution in [1.29, 1.82) is 0 Å². The molecule has 0 saturated heterocycles. The van der Waals surface area contributed by atoms with Gasteiger partial charge >= 0.3 is 0 Å². The summed E-state index contributed by atoms with van der Waals surface area (Å²) in [6.45, 7) is 6.95. The van der Waals surface area contributed by atoms with Crippen LogP contribution in [0.5, 0.6) is 5.75 Å². The zero-order valence-corrected chi connectivity index (χ0v) is 16.9. The highest BCUT2D eigenvalue weighted by molar-refractivity contribution is 5.99. The molecule has 1 aliphatic rings. The highest BCUT2D eigenvalue weighted by Gasteiger charge is 2.36.